The maximum atomic E-state index is 12.1. The van der Waals surface area contributed by atoms with Crippen LogP contribution in [0.3, 0.4) is 0 Å². The Balaban J connectivity index is 2.17. The number of hydrogen-bond acceptors (Lipinski definition) is 4. The van der Waals surface area contributed by atoms with Crippen molar-refractivity contribution in [3.63, 3.8) is 0 Å². The molecule has 5 heteroatoms. The van der Waals surface area contributed by atoms with Gasteiger partial charge in [-0.2, -0.15) is 4.98 Å². The van der Waals surface area contributed by atoms with E-state index in [1.807, 2.05) is 53.8 Å². The summed E-state index contributed by atoms with van der Waals surface area (Å²) in [6.07, 6.45) is 0. The molecule has 21 heavy (non-hydrogen) atoms. The summed E-state index contributed by atoms with van der Waals surface area (Å²) in [6, 6.07) is 13.5. The van der Waals surface area contributed by atoms with Gasteiger partial charge in [0, 0.05) is 0 Å². The lowest BCUT2D eigenvalue weighted by atomic mass is 10.2. The molecule has 0 fully saturated rings. The van der Waals surface area contributed by atoms with Crippen LogP contribution in [0.5, 0.6) is 5.75 Å². The number of benzene rings is 2. The number of thiazole rings is 1. The summed E-state index contributed by atoms with van der Waals surface area (Å²) in [6.45, 7) is 2.60. The van der Waals surface area contributed by atoms with Crippen LogP contribution in [-0.4, -0.2) is 16.0 Å². The lowest BCUT2D eigenvalue weighted by Crippen LogP contribution is -2.08. The van der Waals surface area contributed by atoms with Crippen LogP contribution in [0.4, 0.5) is 0 Å². The molecule has 0 aliphatic carbocycles. The first-order chi connectivity index (χ1) is 10.3. The number of aromatic nitrogens is 2. The molecule has 104 valence electrons. The molecule has 0 aliphatic rings. The normalized spacial score (nSPS) is 11.5. The zero-order chi connectivity index (χ0) is 14.4. The van der Waals surface area contributed by atoms with Gasteiger partial charge in [0.25, 0.3) is 5.56 Å². The molecule has 0 unspecified atom stereocenters. The molecule has 0 atom stereocenters. The van der Waals surface area contributed by atoms with Gasteiger partial charge in [-0.3, -0.25) is 9.20 Å². The molecule has 0 spiro atoms. The van der Waals surface area contributed by atoms with Crippen molar-refractivity contribution in [2.45, 2.75) is 6.92 Å². The van der Waals surface area contributed by atoms with Gasteiger partial charge in [-0.05, 0) is 37.3 Å². The van der Waals surface area contributed by atoms with E-state index in [1.54, 1.807) is 0 Å². The molecule has 0 saturated carbocycles. The van der Waals surface area contributed by atoms with E-state index in [4.69, 9.17) is 4.74 Å². The molecular formula is C16H12N2O2S. The average Bonchev–Trinajstić information content (AvgIpc) is 2.85. The molecule has 0 radical (unpaired) electrons. The Morgan fingerprint density at radius 2 is 2.05 bits per heavy atom. The van der Waals surface area contributed by atoms with Crippen molar-refractivity contribution in [3.05, 3.63) is 52.8 Å². The minimum absolute atomic E-state index is 0.179. The fraction of sp³-hybridized carbons (Fsp3) is 0.125. The van der Waals surface area contributed by atoms with Gasteiger partial charge >= 0.3 is 0 Å². The Labute approximate surface area is 124 Å². The zero-order valence-electron chi connectivity index (χ0n) is 11.4. The summed E-state index contributed by atoms with van der Waals surface area (Å²) in [5.74, 6) is 0.837. The smallest absolute Gasteiger partial charge is 0.281 e. The second kappa shape index (κ2) is 4.56. The molecular weight excluding hydrogens is 284 g/mol. The van der Waals surface area contributed by atoms with E-state index < -0.39 is 0 Å². The standard InChI is InChI=1S/C16H12N2O2S/c1-2-20-10-7-8-13-14(9-10)21-16-17-15(19)11-5-3-4-6-12(11)18(13)16/h3-9H,2H2,1H3. The Morgan fingerprint density at radius 3 is 2.90 bits per heavy atom. The highest BCUT2D eigenvalue weighted by Crippen LogP contribution is 2.30. The first-order valence-corrected chi connectivity index (χ1v) is 7.56. The number of hydrogen-bond donors (Lipinski definition) is 0. The minimum Gasteiger partial charge on any atom is -0.494 e. The number of fused-ring (bicyclic) bond motifs is 5. The lowest BCUT2D eigenvalue weighted by molar-refractivity contribution is 0.341. The van der Waals surface area contributed by atoms with E-state index in [2.05, 4.69) is 4.98 Å². The summed E-state index contributed by atoms with van der Waals surface area (Å²) in [4.78, 5) is 17.0. The molecule has 0 bridgehead atoms. The number of ether oxygens (including phenoxy) is 1. The van der Waals surface area contributed by atoms with Gasteiger partial charge < -0.3 is 4.74 Å². The number of rotatable bonds is 2. The third-order valence-corrected chi connectivity index (χ3v) is 4.45. The van der Waals surface area contributed by atoms with E-state index in [9.17, 15) is 4.79 Å². The predicted octanol–water partition coefficient (Wildman–Crippen LogP) is 3.46. The highest BCUT2D eigenvalue weighted by atomic mass is 32.1. The molecule has 0 aliphatic heterocycles. The quantitative estimate of drug-likeness (QED) is 0.569. The van der Waals surface area contributed by atoms with Crippen LogP contribution in [0.1, 0.15) is 6.92 Å². The van der Waals surface area contributed by atoms with Gasteiger partial charge in [-0.25, -0.2) is 0 Å². The summed E-state index contributed by atoms with van der Waals surface area (Å²) in [7, 11) is 0. The molecule has 4 rings (SSSR count). The van der Waals surface area contributed by atoms with Crippen molar-refractivity contribution < 1.29 is 4.74 Å². The van der Waals surface area contributed by atoms with E-state index in [1.165, 1.54) is 11.3 Å². The molecule has 2 aromatic heterocycles. The van der Waals surface area contributed by atoms with Gasteiger partial charge in [0.2, 0.25) is 0 Å². The molecule has 2 heterocycles. The summed E-state index contributed by atoms with van der Waals surface area (Å²) < 4.78 is 8.63. The second-order valence-electron chi connectivity index (χ2n) is 4.72. The Kier molecular flexibility index (Phi) is 2.68. The van der Waals surface area contributed by atoms with Crippen LogP contribution in [-0.2, 0) is 0 Å². The minimum atomic E-state index is -0.179. The molecule has 4 nitrogen and oxygen atoms in total. The van der Waals surface area contributed by atoms with Gasteiger partial charge in [-0.1, -0.05) is 23.5 Å². The summed E-state index contributed by atoms with van der Waals surface area (Å²) in [5, 5.41) is 0.642. The van der Waals surface area contributed by atoms with Crippen LogP contribution in [0.2, 0.25) is 0 Å². The predicted molar refractivity (Wildman–Crippen MR) is 85.5 cm³/mol. The molecule has 0 saturated heterocycles. The maximum absolute atomic E-state index is 12.1. The highest BCUT2D eigenvalue weighted by molar-refractivity contribution is 7.23. The van der Waals surface area contributed by atoms with Crippen LogP contribution in [0.15, 0.2) is 47.3 Å². The van der Waals surface area contributed by atoms with Crippen molar-refractivity contribution in [2.24, 2.45) is 0 Å². The fourth-order valence-electron chi connectivity index (χ4n) is 2.57. The molecule has 0 amide bonds. The van der Waals surface area contributed by atoms with Gasteiger partial charge in [-0.15, -0.1) is 0 Å². The topological polar surface area (TPSA) is 43.6 Å². The SMILES string of the molecule is CCOc1ccc2c(c1)sc1nc(=O)c3ccccc3n12. The van der Waals surface area contributed by atoms with Crippen molar-refractivity contribution in [1.29, 1.82) is 0 Å². The van der Waals surface area contributed by atoms with Crippen LogP contribution < -0.4 is 10.3 Å². The van der Waals surface area contributed by atoms with Crippen molar-refractivity contribution >= 4 is 37.4 Å². The van der Waals surface area contributed by atoms with Crippen molar-refractivity contribution in [1.82, 2.24) is 9.38 Å². The zero-order valence-corrected chi connectivity index (χ0v) is 12.2. The van der Waals surface area contributed by atoms with Crippen LogP contribution >= 0.6 is 11.3 Å². The molecule has 0 N–H and O–H groups in total. The number of para-hydroxylation sites is 1. The van der Waals surface area contributed by atoms with E-state index >= 15 is 0 Å². The Bertz CT molecular complexity index is 1030. The fourth-order valence-corrected chi connectivity index (χ4v) is 3.62. The van der Waals surface area contributed by atoms with Crippen LogP contribution in [0.25, 0.3) is 26.1 Å². The lowest BCUT2D eigenvalue weighted by Gasteiger charge is -2.03. The molecule has 4 aromatic rings. The van der Waals surface area contributed by atoms with E-state index in [0.29, 0.717) is 17.0 Å². The monoisotopic (exact) mass is 296 g/mol. The van der Waals surface area contributed by atoms with Gasteiger partial charge in [0.1, 0.15) is 5.75 Å². The average molecular weight is 296 g/mol. The van der Waals surface area contributed by atoms with Gasteiger partial charge in [0.05, 0.1) is 27.7 Å². The number of nitrogens with zero attached hydrogens (tertiary/aromatic N) is 2. The Morgan fingerprint density at radius 1 is 1.19 bits per heavy atom. The summed E-state index contributed by atoms with van der Waals surface area (Å²) >= 11 is 1.50. The Hall–Kier alpha value is -2.40. The van der Waals surface area contributed by atoms with Gasteiger partial charge in [0.15, 0.2) is 4.96 Å². The molecule has 2 aromatic carbocycles. The second-order valence-corrected chi connectivity index (χ2v) is 5.73. The first-order valence-electron chi connectivity index (χ1n) is 6.75. The van der Waals surface area contributed by atoms with Crippen molar-refractivity contribution in [3.8, 4) is 5.75 Å². The largest absolute Gasteiger partial charge is 0.494 e. The van der Waals surface area contributed by atoms with E-state index in [0.717, 1.165) is 21.5 Å². The maximum Gasteiger partial charge on any atom is 0.281 e. The third-order valence-electron chi connectivity index (χ3n) is 3.45. The third kappa shape index (κ3) is 1.81. The van der Waals surface area contributed by atoms with E-state index in [-0.39, 0.29) is 5.56 Å². The van der Waals surface area contributed by atoms with Crippen LogP contribution in [0, 0.1) is 0 Å². The van der Waals surface area contributed by atoms with Crippen molar-refractivity contribution in [2.75, 3.05) is 6.61 Å². The first kappa shape index (κ1) is 12.3. The highest BCUT2D eigenvalue weighted by Gasteiger charge is 2.11. The summed E-state index contributed by atoms with van der Waals surface area (Å²) in [5.41, 5.74) is 1.76.